The molecule has 0 radical (unpaired) electrons. The summed E-state index contributed by atoms with van der Waals surface area (Å²) in [6.07, 6.45) is 0. The highest BCUT2D eigenvalue weighted by molar-refractivity contribution is 5.77. The molecule has 0 bridgehead atoms. The van der Waals surface area contributed by atoms with Crippen LogP contribution in [0.15, 0.2) is 24.3 Å². The number of carbonyl (C=O) groups excluding carboxylic acids is 1. The average molecular weight is 255 g/mol. The van der Waals surface area contributed by atoms with Crippen LogP contribution in [0.3, 0.4) is 0 Å². The van der Waals surface area contributed by atoms with E-state index in [1.165, 1.54) is 17.0 Å². The molecule has 5 heteroatoms. The van der Waals surface area contributed by atoms with Crippen molar-refractivity contribution in [3.63, 3.8) is 0 Å². The molecule has 1 amide bonds. The molecular formula is C13H18FNO3. The van der Waals surface area contributed by atoms with Crippen LogP contribution >= 0.6 is 0 Å². The van der Waals surface area contributed by atoms with Crippen molar-refractivity contribution in [2.24, 2.45) is 0 Å². The summed E-state index contributed by atoms with van der Waals surface area (Å²) in [5, 5.41) is 0. The van der Waals surface area contributed by atoms with E-state index < -0.39 is 0 Å². The van der Waals surface area contributed by atoms with Gasteiger partial charge >= 0.3 is 0 Å². The second-order valence-electron chi connectivity index (χ2n) is 3.76. The molecule has 0 spiro atoms. The van der Waals surface area contributed by atoms with Crippen LogP contribution < -0.4 is 4.74 Å². The van der Waals surface area contributed by atoms with E-state index in [0.717, 1.165) is 0 Å². The first-order valence-electron chi connectivity index (χ1n) is 5.83. The van der Waals surface area contributed by atoms with Gasteiger partial charge in [-0.15, -0.1) is 0 Å². The molecule has 0 atom stereocenters. The number of hydrogen-bond donors (Lipinski definition) is 0. The Balaban J connectivity index is 2.26. The predicted octanol–water partition coefficient (Wildman–Crippen LogP) is 1.70. The van der Waals surface area contributed by atoms with Crippen molar-refractivity contribution >= 4 is 5.91 Å². The predicted molar refractivity (Wildman–Crippen MR) is 66.0 cm³/mol. The van der Waals surface area contributed by atoms with E-state index in [9.17, 15) is 9.18 Å². The number of rotatable bonds is 7. The van der Waals surface area contributed by atoms with E-state index in [-0.39, 0.29) is 18.3 Å². The number of ether oxygens (including phenoxy) is 2. The van der Waals surface area contributed by atoms with Crippen LogP contribution in [0, 0.1) is 5.82 Å². The molecule has 18 heavy (non-hydrogen) atoms. The molecule has 1 aromatic carbocycles. The summed E-state index contributed by atoms with van der Waals surface area (Å²) in [7, 11) is 1.68. The fourth-order valence-electron chi connectivity index (χ4n) is 1.28. The Morgan fingerprint density at radius 3 is 2.89 bits per heavy atom. The first kappa shape index (κ1) is 14.4. The molecular weight excluding hydrogens is 237 g/mol. The SMILES string of the molecule is CCOCC(=O)N(C)CCOc1cccc(F)c1. The topological polar surface area (TPSA) is 38.8 Å². The maximum atomic E-state index is 12.9. The van der Waals surface area contributed by atoms with Gasteiger partial charge in [-0.05, 0) is 19.1 Å². The third-order valence-electron chi connectivity index (χ3n) is 2.35. The average Bonchev–Trinajstić information content (AvgIpc) is 2.35. The van der Waals surface area contributed by atoms with E-state index in [2.05, 4.69) is 0 Å². The maximum Gasteiger partial charge on any atom is 0.248 e. The summed E-state index contributed by atoms with van der Waals surface area (Å²) >= 11 is 0. The lowest BCUT2D eigenvalue weighted by atomic mass is 10.3. The lowest BCUT2D eigenvalue weighted by molar-refractivity contribution is -0.134. The summed E-state index contributed by atoms with van der Waals surface area (Å²) in [5.74, 6) is 0.0219. The number of halogens is 1. The van der Waals surface area contributed by atoms with Crippen LogP contribution in [-0.2, 0) is 9.53 Å². The van der Waals surface area contributed by atoms with Crippen molar-refractivity contribution in [2.45, 2.75) is 6.92 Å². The summed E-state index contributed by atoms with van der Waals surface area (Å²) in [6, 6.07) is 5.91. The number of benzene rings is 1. The number of amides is 1. The zero-order valence-corrected chi connectivity index (χ0v) is 10.7. The van der Waals surface area contributed by atoms with Crippen molar-refractivity contribution in [3.05, 3.63) is 30.1 Å². The minimum absolute atomic E-state index is 0.0764. The van der Waals surface area contributed by atoms with Gasteiger partial charge in [-0.2, -0.15) is 0 Å². The van der Waals surface area contributed by atoms with Gasteiger partial charge in [-0.1, -0.05) is 6.07 Å². The zero-order valence-electron chi connectivity index (χ0n) is 10.7. The number of nitrogens with zero attached hydrogens (tertiary/aromatic N) is 1. The summed E-state index contributed by atoms with van der Waals surface area (Å²) in [4.78, 5) is 13.0. The van der Waals surface area contributed by atoms with Crippen molar-refractivity contribution < 1.29 is 18.7 Å². The van der Waals surface area contributed by atoms with Gasteiger partial charge in [0.25, 0.3) is 0 Å². The fourth-order valence-corrected chi connectivity index (χ4v) is 1.28. The minimum Gasteiger partial charge on any atom is -0.492 e. The molecule has 1 aromatic rings. The molecule has 0 aliphatic carbocycles. The molecule has 1 rings (SSSR count). The van der Waals surface area contributed by atoms with Gasteiger partial charge in [0.1, 0.15) is 24.8 Å². The largest absolute Gasteiger partial charge is 0.492 e. The number of carbonyl (C=O) groups is 1. The Hall–Kier alpha value is -1.62. The third-order valence-corrected chi connectivity index (χ3v) is 2.35. The van der Waals surface area contributed by atoms with Crippen LogP contribution in [-0.4, -0.2) is 44.2 Å². The van der Waals surface area contributed by atoms with Crippen molar-refractivity contribution in [1.29, 1.82) is 0 Å². The molecule has 0 aliphatic rings. The fraction of sp³-hybridized carbons (Fsp3) is 0.462. The monoisotopic (exact) mass is 255 g/mol. The highest BCUT2D eigenvalue weighted by Gasteiger charge is 2.08. The van der Waals surface area contributed by atoms with Crippen LogP contribution in [0.25, 0.3) is 0 Å². The summed E-state index contributed by atoms with van der Waals surface area (Å²) < 4.78 is 23.2. The molecule has 0 fully saturated rings. The van der Waals surface area contributed by atoms with Gasteiger partial charge in [-0.3, -0.25) is 4.79 Å². The van der Waals surface area contributed by atoms with E-state index >= 15 is 0 Å². The lowest BCUT2D eigenvalue weighted by Crippen LogP contribution is -2.33. The molecule has 0 saturated carbocycles. The minimum atomic E-state index is -0.340. The second kappa shape index (κ2) is 7.66. The molecule has 0 saturated heterocycles. The Morgan fingerprint density at radius 2 is 2.22 bits per heavy atom. The Kier molecular flexibility index (Phi) is 6.14. The first-order chi connectivity index (χ1) is 8.63. The van der Waals surface area contributed by atoms with Crippen LogP contribution in [0.2, 0.25) is 0 Å². The quantitative estimate of drug-likeness (QED) is 0.744. The van der Waals surface area contributed by atoms with Gasteiger partial charge < -0.3 is 14.4 Å². The molecule has 0 heterocycles. The molecule has 4 nitrogen and oxygen atoms in total. The van der Waals surface area contributed by atoms with Gasteiger partial charge in [0.05, 0.1) is 6.54 Å². The van der Waals surface area contributed by atoms with Gasteiger partial charge in [0.15, 0.2) is 0 Å². The molecule has 0 N–H and O–H groups in total. The summed E-state index contributed by atoms with van der Waals surface area (Å²) in [6.45, 7) is 3.17. The first-order valence-corrected chi connectivity index (χ1v) is 5.83. The molecule has 0 aliphatic heterocycles. The van der Waals surface area contributed by atoms with Crippen LogP contribution in [0.1, 0.15) is 6.92 Å². The van der Waals surface area contributed by atoms with Gasteiger partial charge in [-0.25, -0.2) is 4.39 Å². The highest BCUT2D eigenvalue weighted by atomic mass is 19.1. The van der Waals surface area contributed by atoms with Crippen molar-refractivity contribution in [1.82, 2.24) is 4.90 Å². The number of hydrogen-bond acceptors (Lipinski definition) is 3. The van der Waals surface area contributed by atoms with Gasteiger partial charge in [0, 0.05) is 19.7 Å². The zero-order chi connectivity index (χ0) is 13.4. The van der Waals surface area contributed by atoms with Crippen LogP contribution in [0.5, 0.6) is 5.75 Å². The Morgan fingerprint density at radius 1 is 1.44 bits per heavy atom. The van der Waals surface area contributed by atoms with E-state index in [4.69, 9.17) is 9.47 Å². The lowest BCUT2D eigenvalue weighted by Gasteiger charge is -2.17. The van der Waals surface area contributed by atoms with Crippen molar-refractivity contribution in [2.75, 3.05) is 33.4 Å². The van der Waals surface area contributed by atoms with Crippen LogP contribution in [0.4, 0.5) is 4.39 Å². The highest BCUT2D eigenvalue weighted by Crippen LogP contribution is 2.11. The molecule has 0 unspecified atom stereocenters. The van der Waals surface area contributed by atoms with E-state index in [1.54, 1.807) is 19.2 Å². The third kappa shape index (κ3) is 5.14. The Bertz CT molecular complexity index is 384. The molecule has 0 aromatic heterocycles. The Labute approximate surface area is 106 Å². The van der Waals surface area contributed by atoms with Gasteiger partial charge in [0.2, 0.25) is 5.91 Å². The molecule has 100 valence electrons. The number of likely N-dealkylation sites (N-methyl/N-ethyl adjacent to an activating group) is 1. The normalized spacial score (nSPS) is 10.2. The van der Waals surface area contributed by atoms with Crippen molar-refractivity contribution in [3.8, 4) is 5.75 Å². The maximum absolute atomic E-state index is 12.9. The van der Waals surface area contributed by atoms with E-state index in [1.807, 2.05) is 6.92 Å². The standard InChI is InChI=1S/C13H18FNO3/c1-3-17-10-13(16)15(2)7-8-18-12-6-4-5-11(14)9-12/h4-6,9H,3,7-8,10H2,1-2H3. The summed E-state index contributed by atoms with van der Waals surface area (Å²) in [5.41, 5.74) is 0. The van der Waals surface area contributed by atoms with E-state index in [0.29, 0.717) is 25.5 Å². The smallest absolute Gasteiger partial charge is 0.248 e. The second-order valence-corrected chi connectivity index (χ2v) is 3.76.